The van der Waals surface area contributed by atoms with E-state index in [9.17, 15) is 4.79 Å². The van der Waals surface area contributed by atoms with Gasteiger partial charge in [-0.3, -0.25) is 9.69 Å². The maximum atomic E-state index is 10.8. The molecular formula is C16H27NO2. The summed E-state index contributed by atoms with van der Waals surface area (Å²) in [6.45, 7) is 11.2. The van der Waals surface area contributed by atoms with Gasteiger partial charge >= 0.3 is 5.97 Å². The van der Waals surface area contributed by atoms with Gasteiger partial charge in [0.05, 0.1) is 6.54 Å². The molecule has 0 saturated heterocycles. The van der Waals surface area contributed by atoms with Crippen LogP contribution in [0.1, 0.15) is 39.0 Å². The molecule has 3 heteroatoms. The molecule has 0 spiro atoms. The van der Waals surface area contributed by atoms with E-state index in [2.05, 4.69) is 26.2 Å². The SMILES string of the molecule is C=CCCC/C(C)=C\CCN(CCC=C)CC(=O)O. The van der Waals surface area contributed by atoms with E-state index in [1.54, 1.807) is 0 Å². The minimum Gasteiger partial charge on any atom is -0.480 e. The zero-order valence-electron chi connectivity index (χ0n) is 12.1. The largest absolute Gasteiger partial charge is 0.480 e. The van der Waals surface area contributed by atoms with Crippen molar-refractivity contribution in [3.63, 3.8) is 0 Å². The number of unbranched alkanes of at least 4 members (excludes halogenated alkanes) is 1. The molecule has 0 unspecified atom stereocenters. The maximum absolute atomic E-state index is 10.8. The topological polar surface area (TPSA) is 40.5 Å². The molecule has 0 aromatic rings. The summed E-state index contributed by atoms with van der Waals surface area (Å²) in [5.41, 5.74) is 1.38. The van der Waals surface area contributed by atoms with Crippen LogP contribution in [0.25, 0.3) is 0 Å². The summed E-state index contributed by atoms with van der Waals surface area (Å²) in [4.78, 5) is 12.7. The third kappa shape index (κ3) is 11.5. The van der Waals surface area contributed by atoms with Crippen LogP contribution >= 0.6 is 0 Å². The van der Waals surface area contributed by atoms with Crippen LogP contribution in [0.15, 0.2) is 37.0 Å². The summed E-state index contributed by atoms with van der Waals surface area (Å²) in [6, 6.07) is 0. The Hall–Kier alpha value is -1.35. The Morgan fingerprint density at radius 1 is 1.16 bits per heavy atom. The number of carboxylic acids is 1. The lowest BCUT2D eigenvalue weighted by Crippen LogP contribution is -2.31. The van der Waals surface area contributed by atoms with Crippen LogP contribution in [0.3, 0.4) is 0 Å². The lowest BCUT2D eigenvalue weighted by molar-refractivity contribution is -0.138. The van der Waals surface area contributed by atoms with Crippen molar-refractivity contribution in [3.05, 3.63) is 37.0 Å². The molecule has 3 nitrogen and oxygen atoms in total. The first-order valence-corrected chi connectivity index (χ1v) is 6.91. The summed E-state index contributed by atoms with van der Waals surface area (Å²) in [7, 11) is 0. The van der Waals surface area contributed by atoms with Crippen molar-refractivity contribution in [2.75, 3.05) is 19.6 Å². The van der Waals surface area contributed by atoms with Gasteiger partial charge in [0.15, 0.2) is 0 Å². The second-order valence-corrected chi connectivity index (χ2v) is 4.77. The van der Waals surface area contributed by atoms with Gasteiger partial charge < -0.3 is 5.11 Å². The van der Waals surface area contributed by atoms with E-state index < -0.39 is 5.97 Å². The first-order valence-electron chi connectivity index (χ1n) is 6.91. The number of rotatable bonds is 12. The zero-order valence-corrected chi connectivity index (χ0v) is 12.1. The second kappa shape index (κ2) is 11.7. The van der Waals surface area contributed by atoms with Crippen molar-refractivity contribution in [1.82, 2.24) is 4.90 Å². The van der Waals surface area contributed by atoms with Crippen molar-refractivity contribution >= 4 is 5.97 Å². The molecule has 0 heterocycles. The first-order chi connectivity index (χ1) is 9.10. The van der Waals surface area contributed by atoms with Gasteiger partial charge in [0.2, 0.25) is 0 Å². The van der Waals surface area contributed by atoms with Crippen LogP contribution < -0.4 is 0 Å². The molecule has 19 heavy (non-hydrogen) atoms. The lowest BCUT2D eigenvalue weighted by atomic mass is 10.1. The van der Waals surface area contributed by atoms with E-state index in [1.807, 2.05) is 17.1 Å². The van der Waals surface area contributed by atoms with Crippen LogP contribution in [0.2, 0.25) is 0 Å². The molecule has 0 aliphatic heterocycles. The molecule has 0 fully saturated rings. The van der Waals surface area contributed by atoms with Gasteiger partial charge in [0, 0.05) is 13.1 Å². The monoisotopic (exact) mass is 265 g/mol. The molecule has 0 rings (SSSR count). The third-order valence-electron chi connectivity index (χ3n) is 2.93. The molecule has 0 saturated carbocycles. The molecule has 0 aliphatic rings. The zero-order chi connectivity index (χ0) is 14.5. The minimum absolute atomic E-state index is 0.108. The summed E-state index contributed by atoms with van der Waals surface area (Å²) in [5, 5.41) is 8.84. The van der Waals surface area contributed by atoms with Crippen LogP contribution in [0, 0.1) is 0 Å². The number of hydrogen-bond acceptors (Lipinski definition) is 2. The molecule has 0 atom stereocenters. The number of allylic oxidation sites excluding steroid dienone is 2. The molecule has 1 N–H and O–H groups in total. The number of aliphatic carboxylic acids is 1. The highest BCUT2D eigenvalue weighted by Gasteiger charge is 2.07. The Bertz CT molecular complexity index is 308. The molecule has 0 aliphatic carbocycles. The van der Waals surface area contributed by atoms with Crippen molar-refractivity contribution in [2.24, 2.45) is 0 Å². The molecule has 0 aromatic heterocycles. The predicted octanol–water partition coefficient (Wildman–Crippen LogP) is 3.64. The number of carboxylic acid groups (broad SMARTS) is 1. The van der Waals surface area contributed by atoms with E-state index in [0.717, 1.165) is 45.2 Å². The average molecular weight is 265 g/mol. The summed E-state index contributed by atoms with van der Waals surface area (Å²) < 4.78 is 0. The van der Waals surface area contributed by atoms with Crippen molar-refractivity contribution in [2.45, 2.75) is 39.0 Å². The quantitative estimate of drug-likeness (QED) is 0.432. The van der Waals surface area contributed by atoms with E-state index in [1.165, 1.54) is 5.57 Å². The Morgan fingerprint density at radius 2 is 1.79 bits per heavy atom. The minimum atomic E-state index is -0.768. The van der Waals surface area contributed by atoms with Crippen LogP contribution in [-0.4, -0.2) is 35.6 Å². The highest BCUT2D eigenvalue weighted by molar-refractivity contribution is 5.69. The summed E-state index contributed by atoms with van der Waals surface area (Å²) in [6.07, 6.45) is 11.0. The predicted molar refractivity (Wildman–Crippen MR) is 81.3 cm³/mol. The van der Waals surface area contributed by atoms with Gasteiger partial charge in [-0.2, -0.15) is 0 Å². The average Bonchev–Trinajstić information content (AvgIpc) is 2.35. The lowest BCUT2D eigenvalue weighted by Gasteiger charge is -2.18. The van der Waals surface area contributed by atoms with Crippen molar-refractivity contribution in [1.29, 1.82) is 0 Å². The van der Waals surface area contributed by atoms with Gasteiger partial charge in [-0.15, -0.1) is 13.2 Å². The Balaban J connectivity index is 4.00. The number of hydrogen-bond donors (Lipinski definition) is 1. The maximum Gasteiger partial charge on any atom is 0.317 e. The van der Waals surface area contributed by atoms with Gasteiger partial charge in [-0.05, 0) is 39.0 Å². The second-order valence-electron chi connectivity index (χ2n) is 4.77. The standard InChI is InChI=1S/C16H27NO2/c1-4-6-8-10-15(3)11-9-13-17(12-7-5-2)14-16(18)19/h4-5,11H,1-2,6-10,12-14H2,3H3,(H,18,19)/b15-11-. The summed E-state index contributed by atoms with van der Waals surface area (Å²) in [5.74, 6) is -0.768. The highest BCUT2D eigenvalue weighted by Crippen LogP contribution is 2.08. The summed E-state index contributed by atoms with van der Waals surface area (Å²) >= 11 is 0. The highest BCUT2D eigenvalue weighted by atomic mass is 16.4. The van der Waals surface area contributed by atoms with E-state index in [-0.39, 0.29) is 6.54 Å². The van der Waals surface area contributed by atoms with Crippen LogP contribution in [0.4, 0.5) is 0 Å². The Labute approximate surface area is 117 Å². The van der Waals surface area contributed by atoms with E-state index in [0.29, 0.717) is 0 Å². The van der Waals surface area contributed by atoms with Crippen molar-refractivity contribution in [3.8, 4) is 0 Å². The number of carbonyl (C=O) groups is 1. The van der Waals surface area contributed by atoms with Crippen LogP contribution in [-0.2, 0) is 4.79 Å². The van der Waals surface area contributed by atoms with E-state index >= 15 is 0 Å². The fourth-order valence-electron chi connectivity index (χ4n) is 1.86. The Kier molecular flexibility index (Phi) is 10.9. The molecule has 108 valence electrons. The fraction of sp³-hybridized carbons (Fsp3) is 0.562. The molecular weight excluding hydrogens is 238 g/mol. The molecule has 0 aromatic carbocycles. The smallest absolute Gasteiger partial charge is 0.317 e. The van der Waals surface area contributed by atoms with Gasteiger partial charge in [-0.1, -0.05) is 23.8 Å². The van der Waals surface area contributed by atoms with E-state index in [4.69, 9.17) is 5.11 Å². The molecule has 0 radical (unpaired) electrons. The van der Waals surface area contributed by atoms with Gasteiger partial charge in [0.1, 0.15) is 0 Å². The number of nitrogens with zero attached hydrogens (tertiary/aromatic N) is 1. The van der Waals surface area contributed by atoms with Gasteiger partial charge in [-0.25, -0.2) is 0 Å². The molecule has 0 bridgehead atoms. The van der Waals surface area contributed by atoms with Crippen LogP contribution in [0.5, 0.6) is 0 Å². The molecule has 0 amide bonds. The van der Waals surface area contributed by atoms with Gasteiger partial charge in [0.25, 0.3) is 0 Å². The first kappa shape index (κ1) is 17.6. The Morgan fingerprint density at radius 3 is 2.37 bits per heavy atom. The third-order valence-corrected chi connectivity index (χ3v) is 2.93. The normalized spacial score (nSPS) is 11.6. The van der Waals surface area contributed by atoms with Crippen molar-refractivity contribution < 1.29 is 9.90 Å². The fourth-order valence-corrected chi connectivity index (χ4v) is 1.86.